The lowest BCUT2D eigenvalue weighted by atomic mass is 10.0. The fourth-order valence-electron chi connectivity index (χ4n) is 2.26. The summed E-state index contributed by atoms with van der Waals surface area (Å²) in [5, 5.41) is 3.19. The molecule has 0 aliphatic heterocycles. The first kappa shape index (κ1) is 18.5. The van der Waals surface area contributed by atoms with Gasteiger partial charge in [-0.15, -0.1) is 0 Å². The molecule has 1 amide bonds. The summed E-state index contributed by atoms with van der Waals surface area (Å²) < 4.78 is 24.3. The molecule has 0 spiro atoms. The van der Waals surface area contributed by atoms with Crippen LogP contribution in [0, 0.1) is 0 Å². The summed E-state index contributed by atoms with van der Waals surface area (Å²) in [4.78, 5) is 12.0. The number of sulfone groups is 1. The van der Waals surface area contributed by atoms with Crippen molar-refractivity contribution < 1.29 is 13.2 Å². The second-order valence-corrected chi connectivity index (χ2v) is 8.49. The Morgan fingerprint density at radius 1 is 1.12 bits per heavy atom. The molecule has 0 bridgehead atoms. The molecule has 0 saturated carbocycles. The third-order valence-electron chi connectivity index (χ3n) is 3.49. The van der Waals surface area contributed by atoms with Crippen molar-refractivity contribution in [1.29, 1.82) is 0 Å². The smallest absolute Gasteiger partial charge is 0.239 e. The van der Waals surface area contributed by atoms with E-state index in [0.29, 0.717) is 22.2 Å². The lowest BCUT2D eigenvalue weighted by Gasteiger charge is -2.10. The quantitative estimate of drug-likeness (QED) is 0.840. The largest absolute Gasteiger partial charge is 0.325 e. The molecule has 0 fully saturated rings. The van der Waals surface area contributed by atoms with Gasteiger partial charge in [0.2, 0.25) is 5.91 Å². The normalized spacial score (nSPS) is 11.5. The Labute approximate surface area is 147 Å². The van der Waals surface area contributed by atoms with Gasteiger partial charge in [0.1, 0.15) is 5.75 Å². The Morgan fingerprint density at radius 3 is 2.42 bits per heavy atom. The zero-order valence-electron chi connectivity index (χ0n) is 13.6. The van der Waals surface area contributed by atoms with Crippen molar-refractivity contribution >= 4 is 33.0 Å². The van der Waals surface area contributed by atoms with Crippen molar-refractivity contribution in [2.45, 2.75) is 25.5 Å². The number of amides is 1. The second-order valence-electron chi connectivity index (χ2n) is 5.99. The summed E-state index contributed by atoms with van der Waals surface area (Å²) in [6.07, 6.45) is 0. The predicted molar refractivity (Wildman–Crippen MR) is 98.1 cm³/mol. The summed E-state index contributed by atoms with van der Waals surface area (Å²) >= 11 is 5.78. The Balaban J connectivity index is 2.00. The van der Waals surface area contributed by atoms with Crippen LogP contribution in [0.5, 0.6) is 0 Å². The van der Waals surface area contributed by atoms with Crippen LogP contribution in [-0.4, -0.2) is 20.1 Å². The molecule has 4 nitrogen and oxygen atoms in total. The van der Waals surface area contributed by atoms with E-state index in [-0.39, 0.29) is 5.75 Å². The number of carbonyl (C=O) groups excluding carboxylic acids is 1. The van der Waals surface area contributed by atoms with Crippen LogP contribution < -0.4 is 5.32 Å². The Bertz CT molecular complexity index is 814. The van der Waals surface area contributed by atoms with E-state index in [1.165, 1.54) is 0 Å². The molecule has 2 rings (SSSR count). The van der Waals surface area contributed by atoms with Crippen molar-refractivity contribution in [3.8, 4) is 0 Å². The predicted octanol–water partition coefficient (Wildman–Crippen LogP) is 4.02. The van der Waals surface area contributed by atoms with Crippen LogP contribution >= 0.6 is 11.6 Å². The molecule has 0 aliphatic rings. The monoisotopic (exact) mass is 365 g/mol. The minimum Gasteiger partial charge on any atom is -0.325 e. The average Bonchev–Trinajstić information content (AvgIpc) is 2.49. The first-order valence-corrected chi connectivity index (χ1v) is 9.80. The van der Waals surface area contributed by atoms with E-state index in [4.69, 9.17) is 11.6 Å². The zero-order valence-corrected chi connectivity index (χ0v) is 15.2. The molecule has 2 aromatic rings. The maximum Gasteiger partial charge on any atom is 0.239 e. The van der Waals surface area contributed by atoms with E-state index in [0.717, 1.165) is 5.56 Å². The Hall–Kier alpha value is -1.85. The fraction of sp³-hybridized carbons (Fsp3) is 0.278. The van der Waals surface area contributed by atoms with Gasteiger partial charge in [0.05, 0.1) is 5.75 Å². The van der Waals surface area contributed by atoms with Crippen molar-refractivity contribution in [3.63, 3.8) is 0 Å². The molecule has 128 valence electrons. The van der Waals surface area contributed by atoms with Gasteiger partial charge >= 0.3 is 0 Å². The third-order valence-corrected chi connectivity index (χ3v) is 5.22. The van der Waals surface area contributed by atoms with Crippen LogP contribution in [0.2, 0.25) is 5.02 Å². The summed E-state index contributed by atoms with van der Waals surface area (Å²) in [6.45, 7) is 4.11. The number of halogens is 1. The topological polar surface area (TPSA) is 63.2 Å². The summed E-state index contributed by atoms with van der Waals surface area (Å²) in [5.74, 6) is -0.953. The minimum absolute atomic E-state index is 0.191. The highest BCUT2D eigenvalue weighted by Crippen LogP contribution is 2.19. The van der Waals surface area contributed by atoms with Gasteiger partial charge in [-0.05, 0) is 41.3 Å². The first-order chi connectivity index (χ1) is 11.2. The molecule has 0 aliphatic carbocycles. The van der Waals surface area contributed by atoms with E-state index in [2.05, 4.69) is 19.2 Å². The van der Waals surface area contributed by atoms with Crippen LogP contribution in [0.3, 0.4) is 0 Å². The lowest BCUT2D eigenvalue weighted by Crippen LogP contribution is -2.24. The molecular formula is C18H20ClNO3S. The van der Waals surface area contributed by atoms with E-state index >= 15 is 0 Å². The molecule has 0 unspecified atom stereocenters. The average molecular weight is 366 g/mol. The lowest BCUT2D eigenvalue weighted by molar-refractivity contribution is -0.113. The van der Waals surface area contributed by atoms with Gasteiger partial charge in [-0.2, -0.15) is 0 Å². The van der Waals surface area contributed by atoms with Gasteiger partial charge < -0.3 is 5.32 Å². The number of rotatable bonds is 6. The van der Waals surface area contributed by atoms with Crippen LogP contribution in [0.25, 0.3) is 0 Å². The molecule has 0 atom stereocenters. The van der Waals surface area contributed by atoms with Crippen LogP contribution in [0.15, 0.2) is 48.5 Å². The van der Waals surface area contributed by atoms with Crippen molar-refractivity contribution in [2.75, 3.05) is 11.1 Å². The highest BCUT2D eigenvalue weighted by Gasteiger charge is 2.18. The molecule has 1 N–H and O–H groups in total. The number of carbonyl (C=O) groups is 1. The van der Waals surface area contributed by atoms with E-state index in [1.807, 2.05) is 18.2 Å². The van der Waals surface area contributed by atoms with Gasteiger partial charge in [0, 0.05) is 10.7 Å². The zero-order chi connectivity index (χ0) is 17.7. The number of benzene rings is 2. The van der Waals surface area contributed by atoms with Gasteiger partial charge in [0.25, 0.3) is 0 Å². The van der Waals surface area contributed by atoms with E-state index in [9.17, 15) is 13.2 Å². The van der Waals surface area contributed by atoms with Gasteiger partial charge in [-0.3, -0.25) is 4.79 Å². The standard InChI is InChI=1S/C18H20ClNO3S/c1-13(2)15-4-3-5-17(10-15)20-18(21)12-24(22,23)11-14-6-8-16(19)9-7-14/h3-10,13H,11-12H2,1-2H3,(H,20,21). The molecule has 0 heterocycles. The van der Waals surface area contributed by atoms with Crippen LogP contribution in [0.4, 0.5) is 5.69 Å². The van der Waals surface area contributed by atoms with Gasteiger partial charge in [0.15, 0.2) is 9.84 Å². The molecule has 24 heavy (non-hydrogen) atoms. The summed E-state index contributed by atoms with van der Waals surface area (Å²) in [6, 6.07) is 14.0. The Kier molecular flexibility index (Phi) is 6.02. The molecule has 2 aromatic carbocycles. The second kappa shape index (κ2) is 7.81. The summed E-state index contributed by atoms with van der Waals surface area (Å²) in [5.41, 5.74) is 2.29. The maximum absolute atomic E-state index is 12.2. The molecule has 0 aromatic heterocycles. The van der Waals surface area contributed by atoms with Crippen LogP contribution in [-0.2, 0) is 20.4 Å². The number of hydrogen-bond donors (Lipinski definition) is 1. The highest BCUT2D eigenvalue weighted by atomic mass is 35.5. The first-order valence-electron chi connectivity index (χ1n) is 7.60. The van der Waals surface area contributed by atoms with E-state index in [1.54, 1.807) is 30.3 Å². The van der Waals surface area contributed by atoms with E-state index < -0.39 is 21.5 Å². The molecule has 6 heteroatoms. The van der Waals surface area contributed by atoms with Gasteiger partial charge in [-0.25, -0.2) is 8.42 Å². The SMILES string of the molecule is CC(C)c1cccc(NC(=O)CS(=O)(=O)Cc2ccc(Cl)cc2)c1. The molecule has 0 saturated heterocycles. The van der Waals surface area contributed by atoms with Crippen LogP contribution in [0.1, 0.15) is 30.9 Å². The van der Waals surface area contributed by atoms with Crippen molar-refractivity contribution in [2.24, 2.45) is 0 Å². The van der Waals surface area contributed by atoms with Gasteiger partial charge in [-0.1, -0.05) is 49.7 Å². The highest BCUT2D eigenvalue weighted by molar-refractivity contribution is 7.91. The Morgan fingerprint density at radius 2 is 1.79 bits per heavy atom. The molecular weight excluding hydrogens is 346 g/mol. The third kappa shape index (κ3) is 5.65. The molecule has 0 radical (unpaired) electrons. The van der Waals surface area contributed by atoms with Crippen molar-refractivity contribution in [3.05, 3.63) is 64.7 Å². The summed E-state index contributed by atoms with van der Waals surface area (Å²) in [7, 11) is -3.55. The number of nitrogens with one attached hydrogen (secondary N) is 1. The number of hydrogen-bond acceptors (Lipinski definition) is 3. The fourth-order valence-corrected chi connectivity index (χ4v) is 3.66. The maximum atomic E-state index is 12.2. The minimum atomic E-state index is -3.55. The number of anilines is 1. The van der Waals surface area contributed by atoms with Crippen molar-refractivity contribution in [1.82, 2.24) is 0 Å².